The van der Waals surface area contributed by atoms with Gasteiger partial charge < -0.3 is 10.6 Å². The second kappa shape index (κ2) is 8.98. The number of nitrogens with one attached hydrogen (secondary N) is 1. The summed E-state index contributed by atoms with van der Waals surface area (Å²) in [5.74, 6) is -3.83. The largest absolute Gasteiger partial charge is 0.338 e. The molecule has 1 aliphatic rings. The number of hydrogen-bond donors (Lipinski definition) is 2. The number of halogens is 4. The highest BCUT2D eigenvalue weighted by Gasteiger charge is 2.30. The maximum Gasteiger partial charge on any atom is 0.241 e. The van der Waals surface area contributed by atoms with E-state index in [1.807, 2.05) is 0 Å². The quantitative estimate of drug-likeness (QED) is 0.497. The first-order valence-electron chi connectivity index (χ1n) is 8.34. The van der Waals surface area contributed by atoms with Crippen molar-refractivity contribution in [2.24, 2.45) is 5.73 Å². The summed E-state index contributed by atoms with van der Waals surface area (Å²) < 4.78 is 76.7. The molecule has 0 saturated carbocycles. The number of nitrogens with two attached hydrogens (primary N) is 1. The zero-order chi connectivity index (χ0) is 20.2. The van der Waals surface area contributed by atoms with E-state index in [2.05, 4.69) is 4.72 Å². The van der Waals surface area contributed by atoms with Crippen molar-refractivity contribution >= 4 is 15.9 Å². The predicted octanol–water partition coefficient (Wildman–Crippen LogP) is 1.20. The molecule has 0 spiro atoms. The Hall–Kier alpha value is -1.72. The van der Waals surface area contributed by atoms with Crippen molar-refractivity contribution in [1.82, 2.24) is 9.62 Å². The molecular weight excluding hydrogens is 390 g/mol. The first kappa shape index (κ1) is 21.6. The maximum atomic E-state index is 13.7. The van der Waals surface area contributed by atoms with Crippen molar-refractivity contribution in [2.75, 3.05) is 19.1 Å². The molecule has 0 aliphatic carbocycles. The summed E-state index contributed by atoms with van der Waals surface area (Å²) in [6.45, 7) is 0.290. The minimum Gasteiger partial charge on any atom is -0.338 e. The third-order valence-electron chi connectivity index (χ3n) is 4.39. The van der Waals surface area contributed by atoms with E-state index in [1.54, 1.807) is 0 Å². The van der Waals surface area contributed by atoms with Crippen LogP contribution in [0.2, 0.25) is 0 Å². The molecule has 6 nitrogen and oxygen atoms in total. The van der Waals surface area contributed by atoms with Crippen molar-refractivity contribution in [3.8, 4) is 0 Å². The summed E-state index contributed by atoms with van der Waals surface area (Å²) in [5.41, 5.74) is 5.71. The van der Waals surface area contributed by atoms with Crippen LogP contribution in [0.4, 0.5) is 17.6 Å². The van der Waals surface area contributed by atoms with Crippen molar-refractivity contribution in [2.45, 2.75) is 37.8 Å². The fraction of sp³-hybridized carbons (Fsp3) is 0.562. The number of hydrogen-bond acceptors (Lipinski definition) is 4. The van der Waals surface area contributed by atoms with E-state index < -0.39 is 45.6 Å². The van der Waals surface area contributed by atoms with Crippen LogP contribution in [0, 0.1) is 17.5 Å². The Bertz CT molecular complexity index is 791. The van der Waals surface area contributed by atoms with Gasteiger partial charge in [-0.2, -0.15) is 0 Å². The number of carbonyl (C=O) groups is 1. The topological polar surface area (TPSA) is 92.5 Å². The van der Waals surface area contributed by atoms with Gasteiger partial charge in [0.05, 0.1) is 0 Å². The van der Waals surface area contributed by atoms with Gasteiger partial charge in [-0.05, 0) is 30.9 Å². The van der Waals surface area contributed by atoms with Crippen LogP contribution in [0.15, 0.2) is 12.1 Å². The van der Waals surface area contributed by atoms with Gasteiger partial charge in [0.15, 0.2) is 11.6 Å². The summed E-state index contributed by atoms with van der Waals surface area (Å²) in [5, 5.41) is 0. The number of nitrogens with zero attached hydrogens (tertiary/aromatic N) is 1. The molecule has 152 valence electrons. The van der Waals surface area contributed by atoms with Crippen LogP contribution >= 0.6 is 0 Å². The SMILES string of the molecule is N[C@@H](CC(=O)N1CCC[C@H]1CNS(=O)(=O)CF)Cc1cc(F)c(F)cc1F. The summed E-state index contributed by atoms with van der Waals surface area (Å²) in [4.78, 5) is 13.9. The first-order valence-corrected chi connectivity index (χ1v) is 10.00. The Morgan fingerprint density at radius 3 is 2.59 bits per heavy atom. The normalized spacial score (nSPS) is 18.7. The van der Waals surface area contributed by atoms with Crippen molar-refractivity contribution < 1.29 is 30.8 Å². The summed E-state index contributed by atoms with van der Waals surface area (Å²) in [7, 11) is -4.02. The van der Waals surface area contributed by atoms with Crippen LogP contribution < -0.4 is 10.5 Å². The third kappa shape index (κ3) is 5.88. The number of sulfonamides is 1. The van der Waals surface area contributed by atoms with Gasteiger partial charge >= 0.3 is 0 Å². The molecule has 0 radical (unpaired) electrons. The van der Waals surface area contributed by atoms with Crippen molar-refractivity contribution in [1.29, 1.82) is 0 Å². The van der Waals surface area contributed by atoms with Crippen LogP contribution in [-0.2, 0) is 21.2 Å². The number of benzene rings is 1. The third-order valence-corrected chi connectivity index (χ3v) is 5.28. The Balaban J connectivity index is 1.94. The monoisotopic (exact) mass is 411 g/mol. The van der Waals surface area contributed by atoms with Gasteiger partial charge in [-0.1, -0.05) is 0 Å². The molecule has 27 heavy (non-hydrogen) atoms. The van der Waals surface area contributed by atoms with Gasteiger partial charge in [0.1, 0.15) is 5.82 Å². The number of carbonyl (C=O) groups excluding carboxylic acids is 1. The van der Waals surface area contributed by atoms with Gasteiger partial charge in [0, 0.05) is 37.7 Å². The zero-order valence-electron chi connectivity index (χ0n) is 14.4. The molecule has 0 aromatic heterocycles. The van der Waals surface area contributed by atoms with Crippen LogP contribution in [0.3, 0.4) is 0 Å². The minimum absolute atomic E-state index is 0.106. The molecule has 1 amide bonds. The Morgan fingerprint density at radius 1 is 1.26 bits per heavy atom. The molecule has 1 fully saturated rings. The Labute approximate surface area is 154 Å². The molecule has 1 aliphatic heterocycles. The molecule has 2 rings (SSSR count). The summed E-state index contributed by atoms with van der Waals surface area (Å²) in [6.07, 6.45) is 0.862. The average molecular weight is 411 g/mol. The summed E-state index contributed by atoms with van der Waals surface area (Å²) in [6, 6.07) is -1.67. The number of likely N-dealkylation sites (tertiary alicyclic amines) is 1. The fourth-order valence-electron chi connectivity index (χ4n) is 3.05. The standard InChI is InChI=1S/C16H21F4N3O3S/c17-9-27(25,26)22-8-12-2-1-3-23(12)16(24)6-11(21)4-10-5-14(19)15(20)7-13(10)18/h5,7,11-12,22H,1-4,6,8-9,21H2/t11-,12+/m1/s1. The molecule has 3 N–H and O–H groups in total. The van der Waals surface area contributed by atoms with Gasteiger partial charge in [-0.3, -0.25) is 4.79 Å². The Morgan fingerprint density at radius 2 is 1.93 bits per heavy atom. The number of amides is 1. The predicted molar refractivity (Wildman–Crippen MR) is 90.2 cm³/mol. The first-order chi connectivity index (χ1) is 12.6. The van der Waals surface area contributed by atoms with Gasteiger partial charge in [-0.15, -0.1) is 0 Å². The fourth-order valence-corrected chi connectivity index (χ4v) is 3.58. The van der Waals surface area contributed by atoms with E-state index in [0.717, 1.165) is 0 Å². The van der Waals surface area contributed by atoms with Gasteiger partial charge in [-0.25, -0.2) is 30.7 Å². The molecule has 1 heterocycles. The lowest BCUT2D eigenvalue weighted by molar-refractivity contribution is -0.132. The average Bonchev–Trinajstić information content (AvgIpc) is 3.06. The maximum absolute atomic E-state index is 13.7. The Kier molecular flexibility index (Phi) is 7.18. The second-order valence-corrected chi connectivity index (χ2v) is 8.22. The molecule has 2 atom stereocenters. The lowest BCUT2D eigenvalue weighted by Gasteiger charge is -2.26. The molecule has 1 aromatic carbocycles. The lowest BCUT2D eigenvalue weighted by atomic mass is 10.0. The minimum atomic E-state index is -4.02. The highest BCUT2D eigenvalue weighted by molar-refractivity contribution is 7.89. The van der Waals surface area contributed by atoms with E-state index in [0.29, 0.717) is 31.5 Å². The van der Waals surface area contributed by atoms with E-state index in [4.69, 9.17) is 5.73 Å². The molecule has 11 heteroatoms. The van der Waals surface area contributed by atoms with Crippen molar-refractivity contribution in [3.05, 3.63) is 35.1 Å². The summed E-state index contributed by atoms with van der Waals surface area (Å²) >= 11 is 0. The van der Waals surface area contributed by atoms with E-state index in [-0.39, 0.29) is 30.9 Å². The van der Waals surface area contributed by atoms with E-state index in [1.165, 1.54) is 4.90 Å². The van der Waals surface area contributed by atoms with Crippen LogP contribution in [0.1, 0.15) is 24.8 Å². The van der Waals surface area contributed by atoms with Crippen LogP contribution in [-0.4, -0.2) is 50.4 Å². The van der Waals surface area contributed by atoms with Crippen LogP contribution in [0.25, 0.3) is 0 Å². The van der Waals surface area contributed by atoms with Crippen molar-refractivity contribution in [3.63, 3.8) is 0 Å². The van der Waals surface area contributed by atoms with E-state index >= 15 is 0 Å². The van der Waals surface area contributed by atoms with Crippen LogP contribution in [0.5, 0.6) is 0 Å². The van der Waals surface area contributed by atoms with Gasteiger partial charge in [0.25, 0.3) is 0 Å². The molecule has 1 saturated heterocycles. The number of rotatable bonds is 8. The smallest absolute Gasteiger partial charge is 0.241 e. The zero-order valence-corrected chi connectivity index (χ0v) is 15.2. The molecular formula is C16H21F4N3O3S. The number of alkyl halides is 1. The van der Waals surface area contributed by atoms with E-state index in [9.17, 15) is 30.8 Å². The highest BCUT2D eigenvalue weighted by Crippen LogP contribution is 2.20. The molecule has 0 unspecified atom stereocenters. The van der Waals surface area contributed by atoms with Gasteiger partial charge in [0.2, 0.25) is 21.9 Å². The molecule has 1 aromatic rings. The second-order valence-electron chi connectivity index (χ2n) is 6.48. The highest BCUT2D eigenvalue weighted by atomic mass is 32.2. The molecule has 0 bridgehead atoms. The lowest BCUT2D eigenvalue weighted by Crippen LogP contribution is -2.45.